The van der Waals surface area contributed by atoms with Crippen molar-refractivity contribution in [2.24, 2.45) is 9.98 Å². The maximum atomic E-state index is 12.8. The molecule has 4 rings (SSSR count). The summed E-state index contributed by atoms with van der Waals surface area (Å²) in [6, 6.07) is 19.0. The molecular weight excluding hydrogens is 721 g/mol. The molecule has 8 nitrogen and oxygen atoms in total. The number of amidine groups is 2. The number of carbonyl (C=O) groups is 2. The average molecular weight is 803 g/mol. The summed E-state index contributed by atoms with van der Waals surface area (Å²) in [5, 5.41) is 19.3. The van der Waals surface area contributed by atoms with Crippen LogP contribution < -0.4 is 0 Å². The van der Waals surface area contributed by atoms with Crippen LogP contribution in [0.3, 0.4) is 0 Å². The van der Waals surface area contributed by atoms with Crippen molar-refractivity contribution in [1.82, 2.24) is 0 Å². The van der Waals surface area contributed by atoms with Gasteiger partial charge in [-0.25, -0.2) is 9.98 Å². The molecule has 0 radical (unpaired) electrons. The molecule has 58 heavy (non-hydrogen) atoms. The van der Waals surface area contributed by atoms with E-state index in [-0.39, 0.29) is 24.8 Å². The normalized spacial score (nSPS) is 18.8. The Morgan fingerprint density at radius 1 is 0.483 bits per heavy atom. The number of aliphatic hydroxyl groups is 2. The molecule has 2 aromatic carbocycles. The number of unbranched alkanes of at least 4 members (excludes halogenated alkanes) is 18. The molecule has 0 spiro atoms. The quantitative estimate of drug-likeness (QED) is 0.0437. The first-order chi connectivity index (χ1) is 28.4. The number of ketones is 2. The molecular formula is C50H82N4O4+2. The van der Waals surface area contributed by atoms with Gasteiger partial charge in [-0.05, 0) is 12.8 Å². The van der Waals surface area contributed by atoms with Crippen LogP contribution in [0.15, 0.2) is 70.6 Å². The molecule has 0 aliphatic carbocycles. The average Bonchev–Trinajstić information content (AvgIpc) is 3.82. The van der Waals surface area contributed by atoms with Crippen molar-refractivity contribution in [2.45, 2.75) is 155 Å². The molecule has 2 heterocycles. The molecule has 0 amide bonds. The van der Waals surface area contributed by atoms with Gasteiger partial charge in [0.1, 0.15) is 39.3 Å². The minimum Gasteiger partial charge on any atom is -0.390 e. The van der Waals surface area contributed by atoms with Gasteiger partial charge in [0, 0.05) is 24.0 Å². The lowest BCUT2D eigenvalue weighted by Crippen LogP contribution is -2.55. The van der Waals surface area contributed by atoms with Crippen LogP contribution in [0.2, 0.25) is 0 Å². The Bertz CT molecular complexity index is 1450. The van der Waals surface area contributed by atoms with E-state index in [9.17, 15) is 19.8 Å². The number of hydrogen-bond acceptors (Lipinski definition) is 6. The fraction of sp³-hybridized carbons (Fsp3) is 0.680. The molecule has 0 aromatic heterocycles. The second-order valence-corrected chi connectivity index (χ2v) is 17.0. The highest BCUT2D eigenvalue weighted by Gasteiger charge is 2.40. The second kappa shape index (κ2) is 30.1. The SMILES string of the molecule is CCCCCCCCCCCC1=NCC[N+]1(CCO)CC(=O)c1ccccc1.CCCCCCCCCCCCCC1=NCC[N+]1(CCO)CC(=O)c1ccccc1. The van der Waals surface area contributed by atoms with Gasteiger partial charge in [0.05, 0.1) is 26.3 Å². The van der Waals surface area contributed by atoms with Crippen LogP contribution >= 0.6 is 0 Å². The summed E-state index contributed by atoms with van der Waals surface area (Å²) in [7, 11) is 0. The van der Waals surface area contributed by atoms with Gasteiger partial charge in [-0.1, -0.05) is 190 Å². The van der Waals surface area contributed by atoms with Gasteiger partial charge in [-0.15, -0.1) is 0 Å². The lowest BCUT2D eigenvalue weighted by molar-refractivity contribution is -0.828. The van der Waals surface area contributed by atoms with E-state index in [1.54, 1.807) is 0 Å². The fourth-order valence-electron chi connectivity index (χ4n) is 8.82. The van der Waals surface area contributed by atoms with E-state index >= 15 is 0 Å². The Hall–Kier alpha value is -3.04. The number of quaternary nitrogens is 2. The third-order valence-corrected chi connectivity index (χ3v) is 12.4. The Balaban J connectivity index is 0.000000311. The second-order valence-electron chi connectivity index (χ2n) is 17.0. The van der Waals surface area contributed by atoms with Crippen molar-refractivity contribution >= 4 is 23.2 Å². The summed E-state index contributed by atoms with van der Waals surface area (Å²) < 4.78 is 1.11. The molecule has 8 heteroatoms. The van der Waals surface area contributed by atoms with E-state index in [2.05, 4.69) is 13.8 Å². The Labute approximate surface area is 353 Å². The number of nitrogens with zero attached hydrogens (tertiary/aromatic N) is 4. The van der Waals surface area contributed by atoms with Gasteiger partial charge in [-0.2, -0.15) is 0 Å². The Kier molecular flexibility index (Phi) is 25.6. The highest BCUT2D eigenvalue weighted by molar-refractivity contribution is 5.98. The van der Waals surface area contributed by atoms with Crippen LogP contribution in [0.4, 0.5) is 0 Å². The van der Waals surface area contributed by atoms with E-state index in [4.69, 9.17) is 9.98 Å². The van der Waals surface area contributed by atoms with E-state index in [1.165, 1.54) is 116 Å². The first-order valence-electron chi connectivity index (χ1n) is 23.6. The maximum Gasteiger partial charge on any atom is 0.217 e. The van der Waals surface area contributed by atoms with Crippen molar-refractivity contribution < 1.29 is 28.8 Å². The number of benzene rings is 2. The largest absolute Gasteiger partial charge is 0.390 e. The monoisotopic (exact) mass is 803 g/mol. The predicted octanol–water partition coefficient (Wildman–Crippen LogP) is 10.8. The number of carbonyl (C=O) groups excluding carboxylic acids is 2. The van der Waals surface area contributed by atoms with Crippen LogP contribution in [0.5, 0.6) is 0 Å². The van der Waals surface area contributed by atoms with Crippen molar-refractivity contribution in [3.05, 3.63) is 71.8 Å². The van der Waals surface area contributed by atoms with Crippen molar-refractivity contribution in [1.29, 1.82) is 0 Å². The molecule has 2 unspecified atom stereocenters. The molecule has 2 aliphatic heterocycles. The highest BCUT2D eigenvalue weighted by Crippen LogP contribution is 2.23. The van der Waals surface area contributed by atoms with Crippen LogP contribution in [0.1, 0.15) is 176 Å². The Morgan fingerprint density at radius 3 is 1.10 bits per heavy atom. The van der Waals surface area contributed by atoms with Crippen LogP contribution in [0.25, 0.3) is 0 Å². The molecule has 2 atom stereocenters. The zero-order valence-electron chi connectivity index (χ0n) is 36.9. The zero-order valence-corrected chi connectivity index (χ0v) is 36.9. The molecule has 0 bridgehead atoms. The number of Topliss-reactive ketones (excluding diaryl/α,β-unsaturated/α-hetero) is 2. The molecule has 324 valence electrons. The predicted molar refractivity (Wildman–Crippen MR) is 243 cm³/mol. The van der Waals surface area contributed by atoms with E-state index in [0.717, 1.165) is 74.7 Å². The summed E-state index contributed by atoms with van der Waals surface area (Å²) in [6.07, 6.45) is 28.4. The fourth-order valence-corrected chi connectivity index (χ4v) is 8.82. The first-order valence-corrected chi connectivity index (χ1v) is 23.6. The van der Waals surface area contributed by atoms with Crippen LogP contribution in [0, 0.1) is 0 Å². The lowest BCUT2D eigenvalue weighted by Gasteiger charge is -2.33. The number of rotatable bonds is 32. The number of hydrogen-bond donors (Lipinski definition) is 2. The smallest absolute Gasteiger partial charge is 0.217 e. The molecule has 0 saturated carbocycles. The Morgan fingerprint density at radius 2 is 0.793 bits per heavy atom. The maximum absolute atomic E-state index is 12.8. The molecule has 0 fully saturated rings. The first kappa shape index (κ1) is 49.3. The van der Waals surface area contributed by atoms with Crippen LogP contribution in [-0.4, -0.2) is 108 Å². The van der Waals surface area contributed by atoms with E-state index < -0.39 is 0 Å². The van der Waals surface area contributed by atoms with E-state index in [0.29, 0.717) is 35.1 Å². The van der Waals surface area contributed by atoms with Gasteiger partial charge in [0.2, 0.25) is 11.6 Å². The molecule has 2 N–H and O–H groups in total. The van der Waals surface area contributed by atoms with Gasteiger partial charge >= 0.3 is 0 Å². The molecule has 2 aliphatic rings. The summed E-state index contributed by atoms with van der Waals surface area (Å²) >= 11 is 0. The lowest BCUT2D eigenvalue weighted by atomic mass is 10.0. The summed E-state index contributed by atoms with van der Waals surface area (Å²) in [6.45, 7) is 9.97. The molecule has 0 saturated heterocycles. The standard InChI is InChI=1S/C26H43N2O2.C24H39N2O2/c1-2-3-4-5-6-7-8-9-10-11-15-18-26-27-19-20-28(26,21-22-29)23-25(30)24-16-13-12-14-17-24;1-2-3-4-5-6-7-8-9-13-16-24-25-17-18-26(24,19-20-27)21-23(28)22-14-11-10-12-15-22/h12-14,16-17,29H,2-11,15,18-23H2,1H3;10-12,14-15,27H,2-9,13,16-21H2,1H3/q2*+1. The van der Waals surface area contributed by atoms with E-state index in [1.807, 2.05) is 60.7 Å². The summed E-state index contributed by atoms with van der Waals surface area (Å²) in [4.78, 5) is 35.1. The van der Waals surface area contributed by atoms with Crippen LogP contribution in [-0.2, 0) is 0 Å². The number of aliphatic hydroxyl groups excluding tert-OH is 2. The number of aliphatic imine (C=N–C) groups is 2. The van der Waals surface area contributed by atoms with Crippen molar-refractivity contribution in [2.75, 3.05) is 65.6 Å². The zero-order chi connectivity index (χ0) is 41.6. The summed E-state index contributed by atoms with van der Waals surface area (Å²) in [5.74, 6) is 2.55. The molecule has 2 aromatic rings. The minimum absolute atomic E-state index is 0.0961. The van der Waals surface area contributed by atoms with Gasteiger partial charge in [0.15, 0.2) is 11.7 Å². The third kappa shape index (κ3) is 18.1. The highest BCUT2D eigenvalue weighted by atomic mass is 16.3. The van der Waals surface area contributed by atoms with Gasteiger partial charge < -0.3 is 10.2 Å². The van der Waals surface area contributed by atoms with Gasteiger partial charge in [-0.3, -0.25) is 18.6 Å². The minimum atomic E-state index is 0.0961. The van der Waals surface area contributed by atoms with Crippen molar-refractivity contribution in [3.8, 4) is 0 Å². The third-order valence-electron chi connectivity index (χ3n) is 12.4. The topological polar surface area (TPSA) is 99.3 Å². The van der Waals surface area contributed by atoms with Gasteiger partial charge in [0.25, 0.3) is 0 Å². The van der Waals surface area contributed by atoms with Crippen molar-refractivity contribution in [3.63, 3.8) is 0 Å². The summed E-state index contributed by atoms with van der Waals surface area (Å²) in [5.41, 5.74) is 1.51.